The van der Waals surface area contributed by atoms with Gasteiger partial charge in [0.25, 0.3) is 0 Å². The van der Waals surface area contributed by atoms with E-state index < -0.39 is 0 Å². The lowest BCUT2D eigenvalue weighted by Crippen LogP contribution is -2.01. The van der Waals surface area contributed by atoms with Gasteiger partial charge in [-0.15, -0.1) is 5.10 Å². The lowest BCUT2D eigenvalue weighted by molar-refractivity contribution is 0.0600. The molecular formula is C8H7N3O2. The highest BCUT2D eigenvalue weighted by atomic mass is 16.5. The summed E-state index contributed by atoms with van der Waals surface area (Å²) in [6, 6.07) is 3.30. The molecule has 2 rings (SSSR count). The molecule has 13 heavy (non-hydrogen) atoms. The second-order valence-corrected chi connectivity index (χ2v) is 2.51. The minimum atomic E-state index is -0.358. The smallest absolute Gasteiger partial charge is 0.337 e. The Bertz CT molecular complexity index is 449. The highest BCUT2D eigenvalue weighted by molar-refractivity contribution is 5.90. The third kappa shape index (κ3) is 1.24. The fourth-order valence-corrected chi connectivity index (χ4v) is 1.07. The first-order valence-corrected chi connectivity index (χ1v) is 3.69. The Labute approximate surface area is 73.9 Å². The van der Waals surface area contributed by atoms with E-state index in [1.165, 1.54) is 7.11 Å². The Hall–Kier alpha value is -1.91. The molecule has 0 amide bonds. The Morgan fingerprint density at radius 1 is 1.62 bits per heavy atom. The van der Waals surface area contributed by atoms with Gasteiger partial charge in [0.05, 0.1) is 24.4 Å². The summed E-state index contributed by atoms with van der Waals surface area (Å²) in [5.41, 5.74) is 1.26. The molecule has 0 fully saturated rings. The Morgan fingerprint density at radius 3 is 3.23 bits per heavy atom. The molecule has 0 atom stereocenters. The van der Waals surface area contributed by atoms with Crippen molar-refractivity contribution in [2.24, 2.45) is 0 Å². The standard InChI is InChI=1S/C8H7N3O2/c1-13-8(12)6-2-3-11-7(4-6)5-9-10-11/h2-5H,1H3. The van der Waals surface area contributed by atoms with Crippen molar-refractivity contribution < 1.29 is 9.53 Å². The van der Waals surface area contributed by atoms with Gasteiger partial charge in [0.2, 0.25) is 0 Å². The maximum atomic E-state index is 11.1. The molecule has 2 heterocycles. The van der Waals surface area contributed by atoms with E-state index >= 15 is 0 Å². The summed E-state index contributed by atoms with van der Waals surface area (Å²) in [4.78, 5) is 11.1. The van der Waals surface area contributed by atoms with Crippen LogP contribution in [0.3, 0.4) is 0 Å². The molecule has 5 heteroatoms. The molecule has 0 saturated carbocycles. The average Bonchev–Trinajstić information content (AvgIpc) is 2.63. The number of ether oxygens (including phenoxy) is 1. The van der Waals surface area contributed by atoms with Crippen LogP contribution < -0.4 is 0 Å². The summed E-state index contributed by atoms with van der Waals surface area (Å²) in [7, 11) is 1.35. The highest BCUT2D eigenvalue weighted by Crippen LogP contribution is 2.05. The molecule has 2 aromatic heterocycles. The summed E-state index contributed by atoms with van der Waals surface area (Å²) in [5, 5.41) is 7.45. The third-order valence-electron chi connectivity index (χ3n) is 1.72. The van der Waals surface area contributed by atoms with Crippen molar-refractivity contribution in [2.75, 3.05) is 7.11 Å². The van der Waals surface area contributed by atoms with Crippen molar-refractivity contribution in [3.05, 3.63) is 30.1 Å². The van der Waals surface area contributed by atoms with Crippen molar-refractivity contribution in [3.63, 3.8) is 0 Å². The number of aromatic nitrogens is 3. The quantitative estimate of drug-likeness (QED) is 0.596. The fourth-order valence-electron chi connectivity index (χ4n) is 1.07. The van der Waals surface area contributed by atoms with E-state index in [4.69, 9.17) is 0 Å². The first-order chi connectivity index (χ1) is 6.31. The van der Waals surface area contributed by atoms with Gasteiger partial charge in [-0.25, -0.2) is 9.31 Å². The van der Waals surface area contributed by atoms with Crippen molar-refractivity contribution in [3.8, 4) is 0 Å². The first kappa shape index (κ1) is 7.72. The normalized spacial score (nSPS) is 10.2. The van der Waals surface area contributed by atoms with Gasteiger partial charge in [-0.3, -0.25) is 0 Å². The SMILES string of the molecule is COC(=O)c1ccn2nncc2c1. The van der Waals surface area contributed by atoms with Crippen LogP contribution in [0.5, 0.6) is 0 Å². The van der Waals surface area contributed by atoms with E-state index in [1.54, 1.807) is 29.0 Å². The van der Waals surface area contributed by atoms with E-state index in [0.29, 0.717) is 5.56 Å². The number of carbonyl (C=O) groups excluding carboxylic acids is 1. The Balaban J connectivity index is 2.54. The van der Waals surface area contributed by atoms with Gasteiger partial charge >= 0.3 is 5.97 Å². The van der Waals surface area contributed by atoms with Crippen molar-refractivity contribution >= 4 is 11.5 Å². The monoisotopic (exact) mass is 177 g/mol. The summed E-state index contributed by atoms with van der Waals surface area (Å²) < 4.78 is 6.15. The molecule has 0 spiro atoms. The number of carbonyl (C=O) groups is 1. The minimum absolute atomic E-state index is 0.358. The van der Waals surface area contributed by atoms with Gasteiger partial charge in [-0.1, -0.05) is 5.21 Å². The van der Waals surface area contributed by atoms with Gasteiger partial charge in [0.1, 0.15) is 0 Å². The van der Waals surface area contributed by atoms with E-state index in [2.05, 4.69) is 15.0 Å². The third-order valence-corrected chi connectivity index (χ3v) is 1.72. The van der Waals surface area contributed by atoms with Crippen LogP contribution in [0, 0.1) is 0 Å². The summed E-state index contributed by atoms with van der Waals surface area (Å²) in [5.74, 6) is -0.358. The van der Waals surface area contributed by atoms with E-state index in [1.807, 2.05) is 0 Å². The van der Waals surface area contributed by atoms with Crippen LogP contribution in [-0.2, 0) is 4.74 Å². The molecule has 0 unspecified atom stereocenters. The summed E-state index contributed by atoms with van der Waals surface area (Å²) in [6.07, 6.45) is 3.24. The van der Waals surface area contributed by atoms with E-state index in [9.17, 15) is 4.79 Å². The molecule has 0 bridgehead atoms. The van der Waals surface area contributed by atoms with Crippen LogP contribution in [-0.4, -0.2) is 27.9 Å². The number of hydrogen-bond donors (Lipinski definition) is 0. The maximum absolute atomic E-state index is 11.1. The van der Waals surface area contributed by atoms with Gasteiger partial charge in [0, 0.05) is 6.20 Å². The molecule has 0 aromatic carbocycles. The molecule has 0 N–H and O–H groups in total. The van der Waals surface area contributed by atoms with Crippen LogP contribution in [0.4, 0.5) is 0 Å². The molecule has 0 aliphatic heterocycles. The zero-order valence-corrected chi connectivity index (χ0v) is 6.97. The molecule has 2 aromatic rings. The van der Waals surface area contributed by atoms with Crippen LogP contribution >= 0.6 is 0 Å². The maximum Gasteiger partial charge on any atom is 0.337 e. The van der Waals surface area contributed by atoms with Crippen molar-refractivity contribution in [1.82, 2.24) is 14.8 Å². The van der Waals surface area contributed by atoms with Crippen LogP contribution in [0.25, 0.3) is 5.52 Å². The molecule has 0 aliphatic rings. The molecular weight excluding hydrogens is 170 g/mol. The number of rotatable bonds is 1. The molecule has 0 saturated heterocycles. The molecule has 0 aliphatic carbocycles. The highest BCUT2D eigenvalue weighted by Gasteiger charge is 2.05. The van der Waals surface area contributed by atoms with Crippen molar-refractivity contribution in [2.45, 2.75) is 0 Å². The van der Waals surface area contributed by atoms with Crippen LogP contribution in [0.1, 0.15) is 10.4 Å². The number of fused-ring (bicyclic) bond motifs is 1. The average molecular weight is 177 g/mol. The minimum Gasteiger partial charge on any atom is -0.465 e. The number of pyridine rings is 1. The van der Waals surface area contributed by atoms with Gasteiger partial charge in [0.15, 0.2) is 0 Å². The van der Waals surface area contributed by atoms with Crippen molar-refractivity contribution in [1.29, 1.82) is 0 Å². The molecule has 66 valence electrons. The lowest BCUT2D eigenvalue weighted by Gasteiger charge is -1.98. The number of hydrogen-bond acceptors (Lipinski definition) is 4. The van der Waals surface area contributed by atoms with Crippen LogP contribution in [0.15, 0.2) is 24.5 Å². The zero-order valence-electron chi connectivity index (χ0n) is 6.97. The van der Waals surface area contributed by atoms with Gasteiger partial charge in [-0.2, -0.15) is 0 Å². The van der Waals surface area contributed by atoms with Gasteiger partial charge < -0.3 is 4.74 Å². The Morgan fingerprint density at radius 2 is 2.46 bits per heavy atom. The number of esters is 1. The zero-order chi connectivity index (χ0) is 9.26. The topological polar surface area (TPSA) is 56.5 Å². The van der Waals surface area contributed by atoms with Crippen LogP contribution in [0.2, 0.25) is 0 Å². The molecule has 5 nitrogen and oxygen atoms in total. The lowest BCUT2D eigenvalue weighted by atomic mass is 10.2. The summed E-state index contributed by atoms with van der Waals surface area (Å²) >= 11 is 0. The van der Waals surface area contributed by atoms with E-state index in [0.717, 1.165) is 5.52 Å². The molecule has 0 radical (unpaired) electrons. The second kappa shape index (κ2) is 2.85. The fraction of sp³-hybridized carbons (Fsp3) is 0.125. The predicted molar refractivity (Wildman–Crippen MR) is 44.3 cm³/mol. The summed E-state index contributed by atoms with van der Waals surface area (Å²) in [6.45, 7) is 0. The predicted octanol–water partition coefficient (Wildman–Crippen LogP) is 0.516. The van der Waals surface area contributed by atoms with Gasteiger partial charge in [-0.05, 0) is 12.1 Å². The number of methoxy groups -OCH3 is 1. The number of nitrogens with zero attached hydrogens (tertiary/aromatic N) is 3. The Kier molecular flexibility index (Phi) is 1.70. The second-order valence-electron chi connectivity index (χ2n) is 2.51. The van der Waals surface area contributed by atoms with E-state index in [-0.39, 0.29) is 5.97 Å². The largest absolute Gasteiger partial charge is 0.465 e. The first-order valence-electron chi connectivity index (χ1n) is 3.69.